The van der Waals surface area contributed by atoms with Crippen LogP contribution < -0.4 is 0 Å². The van der Waals surface area contributed by atoms with Crippen LogP contribution in [-0.2, 0) is 15.7 Å². The highest BCUT2D eigenvalue weighted by atomic mass is 19.4. The Kier molecular flexibility index (Phi) is 3.71. The lowest BCUT2D eigenvalue weighted by Crippen LogP contribution is -2.19. The molecule has 1 aromatic rings. The van der Waals surface area contributed by atoms with Crippen LogP contribution in [0.3, 0.4) is 0 Å². The molecular weight excluding hydrogens is 245 g/mol. The Morgan fingerprint density at radius 1 is 1.33 bits per heavy atom. The lowest BCUT2D eigenvalue weighted by atomic mass is 9.84. The smallest absolute Gasteiger partial charge is 0.381 e. The van der Waals surface area contributed by atoms with Gasteiger partial charge in [-0.2, -0.15) is 13.2 Å². The molecule has 5 heteroatoms. The maximum Gasteiger partial charge on any atom is 0.416 e. The summed E-state index contributed by atoms with van der Waals surface area (Å²) in [7, 11) is 0. The minimum atomic E-state index is -4.43. The largest absolute Gasteiger partial charge is 0.416 e. The normalized spacial score (nSPS) is 21.8. The molecule has 0 N–H and O–H groups in total. The van der Waals surface area contributed by atoms with Crippen LogP contribution in [0.15, 0.2) is 24.3 Å². The predicted octanol–water partition coefficient (Wildman–Crippen LogP) is 3.02. The van der Waals surface area contributed by atoms with E-state index in [1.54, 1.807) is 0 Å². The summed E-state index contributed by atoms with van der Waals surface area (Å²) in [6.45, 7) is 0.846. The van der Waals surface area contributed by atoms with E-state index in [4.69, 9.17) is 4.74 Å². The van der Waals surface area contributed by atoms with Gasteiger partial charge in [0, 0.05) is 12.5 Å². The van der Waals surface area contributed by atoms with Gasteiger partial charge in [-0.3, -0.25) is 0 Å². The van der Waals surface area contributed by atoms with Crippen LogP contribution >= 0.6 is 0 Å². The molecule has 1 fully saturated rings. The summed E-state index contributed by atoms with van der Waals surface area (Å²) in [5, 5.41) is 0. The molecule has 1 aliphatic rings. The molecule has 0 aromatic heterocycles. The van der Waals surface area contributed by atoms with Crippen LogP contribution in [0.25, 0.3) is 0 Å². The number of carbonyl (C=O) groups is 1. The first-order chi connectivity index (χ1) is 8.54. The van der Waals surface area contributed by atoms with Gasteiger partial charge in [0.1, 0.15) is 6.29 Å². The van der Waals surface area contributed by atoms with E-state index in [0.717, 1.165) is 6.07 Å². The molecule has 1 heterocycles. The number of carbonyl (C=O) groups excluding carboxylic acids is 1. The first kappa shape index (κ1) is 13.1. The highest BCUT2D eigenvalue weighted by Gasteiger charge is 2.37. The second kappa shape index (κ2) is 5.10. The summed E-state index contributed by atoms with van der Waals surface area (Å²) in [5.41, 5.74) is -0.676. The SMILES string of the molecule is O=CC(c1ccccc1C(F)(F)F)C1CCOC1. The molecule has 1 saturated heterocycles. The minimum absolute atomic E-state index is 0.0514. The zero-order valence-corrected chi connectivity index (χ0v) is 9.61. The molecule has 0 saturated carbocycles. The number of hydrogen-bond donors (Lipinski definition) is 0. The summed E-state index contributed by atoms with van der Waals surface area (Å²) >= 11 is 0. The number of ether oxygens (including phenoxy) is 1. The van der Waals surface area contributed by atoms with Crippen LogP contribution in [0.5, 0.6) is 0 Å². The zero-order valence-electron chi connectivity index (χ0n) is 9.61. The van der Waals surface area contributed by atoms with Crippen molar-refractivity contribution in [1.29, 1.82) is 0 Å². The van der Waals surface area contributed by atoms with Crippen molar-refractivity contribution in [2.24, 2.45) is 5.92 Å². The van der Waals surface area contributed by atoms with Gasteiger partial charge in [-0.25, -0.2) is 0 Å². The number of aldehydes is 1. The third-order valence-electron chi connectivity index (χ3n) is 3.24. The monoisotopic (exact) mass is 258 g/mol. The van der Waals surface area contributed by atoms with Gasteiger partial charge >= 0.3 is 6.18 Å². The van der Waals surface area contributed by atoms with Crippen LogP contribution in [-0.4, -0.2) is 19.5 Å². The highest BCUT2D eigenvalue weighted by Crippen LogP contribution is 2.38. The van der Waals surface area contributed by atoms with Gasteiger partial charge in [0.15, 0.2) is 0 Å². The lowest BCUT2D eigenvalue weighted by molar-refractivity contribution is -0.138. The Bertz CT molecular complexity index is 422. The minimum Gasteiger partial charge on any atom is -0.381 e. The fourth-order valence-electron chi connectivity index (χ4n) is 2.32. The number of hydrogen-bond acceptors (Lipinski definition) is 2. The fraction of sp³-hybridized carbons (Fsp3) is 0.462. The van der Waals surface area contributed by atoms with E-state index in [0.29, 0.717) is 25.9 Å². The number of halogens is 3. The zero-order chi connectivity index (χ0) is 13.2. The predicted molar refractivity (Wildman–Crippen MR) is 59.2 cm³/mol. The molecule has 0 radical (unpaired) electrons. The summed E-state index contributed by atoms with van der Waals surface area (Å²) in [6.07, 6.45) is -3.21. The molecular formula is C13H13F3O2. The maximum atomic E-state index is 12.9. The van der Waals surface area contributed by atoms with Crippen LogP contribution in [0.2, 0.25) is 0 Å². The molecule has 2 unspecified atom stereocenters. The summed E-state index contributed by atoms with van der Waals surface area (Å²) in [4.78, 5) is 11.1. The highest BCUT2D eigenvalue weighted by molar-refractivity contribution is 5.64. The van der Waals surface area contributed by atoms with Crippen LogP contribution in [0, 0.1) is 5.92 Å². The van der Waals surface area contributed by atoms with E-state index >= 15 is 0 Å². The number of alkyl halides is 3. The molecule has 2 atom stereocenters. The summed E-state index contributed by atoms with van der Waals surface area (Å²) < 4.78 is 43.8. The molecule has 2 nitrogen and oxygen atoms in total. The summed E-state index contributed by atoms with van der Waals surface area (Å²) in [6, 6.07) is 5.25. The fourth-order valence-corrected chi connectivity index (χ4v) is 2.32. The molecule has 0 bridgehead atoms. The van der Waals surface area contributed by atoms with Gasteiger partial charge in [-0.05, 0) is 24.0 Å². The number of rotatable bonds is 3. The molecule has 98 valence electrons. The topological polar surface area (TPSA) is 26.3 Å². The molecule has 1 aliphatic heterocycles. The molecule has 0 amide bonds. The third-order valence-corrected chi connectivity index (χ3v) is 3.24. The van der Waals surface area contributed by atoms with Crippen molar-refractivity contribution in [3.63, 3.8) is 0 Å². The molecule has 0 spiro atoms. The lowest BCUT2D eigenvalue weighted by Gasteiger charge is -2.21. The van der Waals surface area contributed by atoms with Crippen molar-refractivity contribution in [1.82, 2.24) is 0 Å². The van der Waals surface area contributed by atoms with E-state index in [2.05, 4.69) is 0 Å². The van der Waals surface area contributed by atoms with Crippen molar-refractivity contribution in [3.8, 4) is 0 Å². The van der Waals surface area contributed by atoms with Crippen molar-refractivity contribution < 1.29 is 22.7 Å². The molecule has 2 rings (SSSR count). The quantitative estimate of drug-likeness (QED) is 0.779. The van der Waals surface area contributed by atoms with Gasteiger partial charge in [-0.15, -0.1) is 0 Å². The van der Waals surface area contributed by atoms with Crippen molar-refractivity contribution in [2.45, 2.75) is 18.5 Å². The van der Waals surface area contributed by atoms with Crippen LogP contribution in [0.4, 0.5) is 13.2 Å². The molecule has 1 aromatic carbocycles. The standard InChI is InChI=1S/C13H13F3O2/c14-13(15,16)12-4-2-1-3-10(12)11(7-17)9-5-6-18-8-9/h1-4,7,9,11H,5-6,8H2. The van der Waals surface area contributed by atoms with E-state index in [-0.39, 0.29) is 11.5 Å². The van der Waals surface area contributed by atoms with E-state index in [1.165, 1.54) is 18.2 Å². The number of benzene rings is 1. The Morgan fingerprint density at radius 2 is 2.06 bits per heavy atom. The average molecular weight is 258 g/mol. The summed E-state index contributed by atoms with van der Waals surface area (Å²) in [5.74, 6) is -0.906. The Balaban J connectivity index is 2.38. The van der Waals surface area contributed by atoms with E-state index < -0.39 is 17.7 Å². The Morgan fingerprint density at radius 3 is 2.61 bits per heavy atom. The third kappa shape index (κ3) is 2.56. The maximum absolute atomic E-state index is 12.9. The van der Waals surface area contributed by atoms with Gasteiger partial charge < -0.3 is 9.53 Å². The van der Waals surface area contributed by atoms with Gasteiger partial charge in [0.25, 0.3) is 0 Å². The van der Waals surface area contributed by atoms with Crippen molar-refractivity contribution >= 4 is 6.29 Å². The Hall–Kier alpha value is -1.36. The first-order valence-corrected chi connectivity index (χ1v) is 5.73. The molecule has 0 aliphatic carbocycles. The second-order valence-corrected chi connectivity index (χ2v) is 4.37. The van der Waals surface area contributed by atoms with Gasteiger partial charge in [0.2, 0.25) is 0 Å². The van der Waals surface area contributed by atoms with E-state index in [9.17, 15) is 18.0 Å². The van der Waals surface area contributed by atoms with Crippen molar-refractivity contribution in [3.05, 3.63) is 35.4 Å². The van der Waals surface area contributed by atoms with Gasteiger partial charge in [0.05, 0.1) is 12.2 Å². The first-order valence-electron chi connectivity index (χ1n) is 5.73. The average Bonchev–Trinajstić information content (AvgIpc) is 2.83. The molecule has 18 heavy (non-hydrogen) atoms. The Labute approximate surface area is 103 Å². The van der Waals surface area contributed by atoms with Crippen LogP contribution in [0.1, 0.15) is 23.5 Å². The second-order valence-electron chi connectivity index (χ2n) is 4.37. The van der Waals surface area contributed by atoms with E-state index in [1.807, 2.05) is 0 Å². The van der Waals surface area contributed by atoms with Crippen molar-refractivity contribution in [2.75, 3.05) is 13.2 Å². The van der Waals surface area contributed by atoms with Gasteiger partial charge in [-0.1, -0.05) is 18.2 Å².